The Morgan fingerprint density at radius 1 is 1.27 bits per heavy atom. The second-order valence-electron chi connectivity index (χ2n) is 7.29. The van der Waals surface area contributed by atoms with Crippen molar-refractivity contribution in [2.45, 2.75) is 19.9 Å². The highest BCUT2D eigenvalue weighted by molar-refractivity contribution is 9.10. The number of hydrogen-bond donors (Lipinski definition) is 1. The van der Waals surface area contributed by atoms with Crippen molar-refractivity contribution in [3.63, 3.8) is 0 Å². The Morgan fingerprint density at radius 3 is 2.67 bits per heavy atom. The summed E-state index contributed by atoms with van der Waals surface area (Å²) in [5.74, 6) is -0.171. The van der Waals surface area contributed by atoms with E-state index in [0.717, 1.165) is 10.0 Å². The Morgan fingerprint density at radius 2 is 2.00 bits per heavy atom. The molecule has 0 saturated heterocycles. The van der Waals surface area contributed by atoms with Crippen LogP contribution in [-0.4, -0.2) is 29.4 Å². The van der Waals surface area contributed by atoms with E-state index in [4.69, 9.17) is 9.47 Å². The third-order valence-electron chi connectivity index (χ3n) is 5.20. The lowest BCUT2D eigenvalue weighted by Gasteiger charge is -2.24. The number of hydrogen-bond acceptors (Lipinski definition) is 7. The van der Waals surface area contributed by atoms with Crippen molar-refractivity contribution in [3.05, 3.63) is 89.0 Å². The lowest BCUT2D eigenvalue weighted by atomic mass is 9.96. The molecule has 0 spiro atoms. The average Bonchev–Trinajstić information content (AvgIpc) is 3.09. The van der Waals surface area contributed by atoms with Crippen LogP contribution in [0.4, 0.5) is 0 Å². The second-order valence-corrected chi connectivity index (χ2v) is 9.21. The molecule has 0 bridgehead atoms. The van der Waals surface area contributed by atoms with Crippen LogP contribution in [0, 0.1) is 0 Å². The number of phenols is 1. The third-order valence-corrected chi connectivity index (χ3v) is 6.72. The van der Waals surface area contributed by atoms with Crippen molar-refractivity contribution < 1.29 is 19.4 Å². The number of benzene rings is 2. The van der Waals surface area contributed by atoms with Crippen molar-refractivity contribution >= 4 is 39.3 Å². The van der Waals surface area contributed by atoms with Gasteiger partial charge in [-0.1, -0.05) is 45.5 Å². The standard InChI is InChI=1S/C24H21BrN2O5S/c1-4-32-23(30)20-13(2)26-24-27(21(20)15-6-8-16(25)9-7-15)22(29)19(33-24)12-14-5-10-17(28)18(11-14)31-3/h5-12,21,28H,4H2,1-3H3/b19-12-/t21-/m1/s1. The molecule has 170 valence electrons. The number of carbonyl (C=O) groups is 1. The maximum Gasteiger partial charge on any atom is 0.338 e. The number of methoxy groups -OCH3 is 1. The van der Waals surface area contributed by atoms with Crippen LogP contribution in [0.25, 0.3) is 6.08 Å². The molecule has 0 amide bonds. The van der Waals surface area contributed by atoms with Gasteiger partial charge in [-0.2, -0.15) is 0 Å². The summed E-state index contributed by atoms with van der Waals surface area (Å²) < 4.78 is 13.3. The summed E-state index contributed by atoms with van der Waals surface area (Å²) in [6.07, 6.45) is 1.72. The predicted octanol–water partition coefficient (Wildman–Crippen LogP) is 3.28. The fourth-order valence-corrected chi connectivity index (χ4v) is 5.00. The summed E-state index contributed by atoms with van der Waals surface area (Å²) in [5, 5.41) is 9.85. The average molecular weight is 529 g/mol. The summed E-state index contributed by atoms with van der Waals surface area (Å²) in [6.45, 7) is 3.71. The molecule has 7 nitrogen and oxygen atoms in total. The van der Waals surface area contributed by atoms with E-state index in [1.54, 1.807) is 32.1 Å². The summed E-state index contributed by atoms with van der Waals surface area (Å²) in [4.78, 5) is 31.5. The molecule has 0 saturated carbocycles. The summed E-state index contributed by atoms with van der Waals surface area (Å²) in [5.41, 5.74) is 2.05. The molecule has 1 atom stereocenters. The van der Waals surface area contributed by atoms with Gasteiger partial charge in [0, 0.05) is 4.47 Å². The first kappa shape index (κ1) is 23.0. The van der Waals surface area contributed by atoms with Crippen LogP contribution < -0.4 is 19.6 Å². The summed E-state index contributed by atoms with van der Waals surface area (Å²) >= 11 is 4.67. The molecule has 2 aromatic carbocycles. The Labute approximate surface area is 202 Å². The number of nitrogens with zero attached hydrogens (tertiary/aromatic N) is 2. The first-order valence-electron chi connectivity index (χ1n) is 10.2. The van der Waals surface area contributed by atoms with Crippen LogP contribution >= 0.6 is 27.3 Å². The Bertz CT molecular complexity index is 1440. The molecule has 1 aliphatic heterocycles. The van der Waals surface area contributed by atoms with Crippen molar-refractivity contribution in [2.24, 2.45) is 4.99 Å². The molecule has 0 fully saturated rings. The molecular weight excluding hydrogens is 508 g/mol. The van der Waals surface area contributed by atoms with E-state index < -0.39 is 12.0 Å². The zero-order valence-corrected chi connectivity index (χ0v) is 20.6. The number of phenolic OH excluding ortho intramolecular Hbond substituents is 1. The molecule has 2 heterocycles. The molecule has 9 heteroatoms. The van der Waals surface area contributed by atoms with Crippen molar-refractivity contribution in [1.29, 1.82) is 0 Å². The van der Waals surface area contributed by atoms with Crippen LogP contribution in [0.2, 0.25) is 0 Å². The van der Waals surface area contributed by atoms with Gasteiger partial charge in [-0.3, -0.25) is 9.36 Å². The van der Waals surface area contributed by atoms with E-state index >= 15 is 0 Å². The number of aromatic hydroxyl groups is 1. The van der Waals surface area contributed by atoms with Crippen LogP contribution in [0.5, 0.6) is 11.5 Å². The van der Waals surface area contributed by atoms with Gasteiger partial charge in [0.25, 0.3) is 5.56 Å². The van der Waals surface area contributed by atoms with Gasteiger partial charge in [0.2, 0.25) is 0 Å². The normalized spacial score (nSPS) is 15.8. The van der Waals surface area contributed by atoms with E-state index in [1.807, 2.05) is 24.3 Å². The minimum absolute atomic E-state index is 0.0149. The van der Waals surface area contributed by atoms with Gasteiger partial charge in [0.1, 0.15) is 0 Å². The largest absolute Gasteiger partial charge is 0.504 e. The Balaban J connectivity index is 1.94. The zero-order chi connectivity index (χ0) is 23.7. The smallest absolute Gasteiger partial charge is 0.338 e. The van der Waals surface area contributed by atoms with Crippen molar-refractivity contribution in [1.82, 2.24) is 4.57 Å². The summed E-state index contributed by atoms with van der Waals surface area (Å²) in [6, 6.07) is 11.7. The van der Waals surface area contributed by atoms with Gasteiger partial charge in [0.05, 0.1) is 35.6 Å². The lowest BCUT2D eigenvalue weighted by Crippen LogP contribution is -2.39. The number of esters is 1. The first-order chi connectivity index (χ1) is 15.8. The van der Waals surface area contributed by atoms with Gasteiger partial charge < -0.3 is 14.6 Å². The van der Waals surface area contributed by atoms with E-state index in [1.165, 1.54) is 29.1 Å². The quantitative estimate of drug-likeness (QED) is 0.513. The second kappa shape index (κ2) is 9.36. The number of halogens is 1. The van der Waals surface area contributed by atoms with Gasteiger partial charge in [-0.25, -0.2) is 9.79 Å². The molecule has 1 N–H and O–H groups in total. The number of ether oxygens (including phenoxy) is 2. The number of fused-ring (bicyclic) bond motifs is 1. The zero-order valence-electron chi connectivity index (χ0n) is 18.2. The van der Waals surface area contributed by atoms with Crippen LogP contribution in [-0.2, 0) is 9.53 Å². The minimum atomic E-state index is -0.662. The molecule has 3 aromatic rings. The number of allylic oxidation sites excluding steroid dienone is 1. The molecule has 0 aliphatic carbocycles. The molecule has 0 unspecified atom stereocenters. The minimum Gasteiger partial charge on any atom is -0.504 e. The molecular formula is C24H21BrN2O5S. The van der Waals surface area contributed by atoms with E-state index in [-0.39, 0.29) is 17.9 Å². The monoisotopic (exact) mass is 528 g/mol. The highest BCUT2D eigenvalue weighted by atomic mass is 79.9. The molecule has 1 aliphatic rings. The third kappa shape index (κ3) is 4.38. The fraction of sp³-hybridized carbons (Fsp3) is 0.208. The maximum absolute atomic E-state index is 13.5. The van der Waals surface area contributed by atoms with Gasteiger partial charge in [0.15, 0.2) is 16.3 Å². The number of thiazole rings is 1. The molecule has 1 aromatic heterocycles. The van der Waals surface area contributed by atoms with E-state index in [0.29, 0.717) is 31.9 Å². The number of aromatic nitrogens is 1. The number of carbonyl (C=O) groups excluding carboxylic acids is 1. The lowest BCUT2D eigenvalue weighted by molar-refractivity contribution is -0.139. The molecule has 4 rings (SSSR count). The topological polar surface area (TPSA) is 90.1 Å². The summed E-state index contributed by atoms with van der Waals surface area (Å²) in [7, 11) is 1.46. The predicted molar refractivity (Wildman–Crippen MR) is 129 cm³/mol. The van der Waals surface area contributed by atoms with Gasteiger partial charge in [-0.05, 0) is 55.3 Å². The maximum atomic E-state index is 13.5. The van der Waals surface area contributed by atoms with Crippen LogP contribution in [0.15, 0.2) is 68.0 Å². The number of rotatable bonds is 5. The SMILES string of the molecule is CCOC(=O)C1=C(C)N=c2s/c(=C\c3ccc(O)c(OC)c3)c(=O)n2[C@@H]1c1ccc(Br)cc1. The van der Waals surface area contributed by atoms with Crippen LogP contribution in [0.3, 0.4) is 0 Å². The van der Waals surface area contributed by atoms with Gasteiger partial charge in [-0.15, -0.1) is 0 Å². The van der Waals surface area contributed by atoms with Gasteiger partial charge >= 0.3 is 5.97 Å². The van der Waals surface area contributed by atoms with E-state index in [9.17, 15) is 14.7 Å². The van der Waals surface area contributed by atoms with Crippen LogP contribution in [0.1, 0.15) is 31.0 Å². The highest BCUT2D eigenvalue weighted by Crippen LogP contribution is 2.31. The highest BCUT2D eigenvalue weighted by Gasteiger charge is 2.33. The fourth-order valence-electron chi connectivity index (χ4n) is 3.69. The van der Waals surface area contributed by atoms with Crippen molar-refractivity contribution in [2.75, 3.05) is 13.7 Å². The molecule has 33 heavy (non-hydrogen) atoms. The molecule has 0 radical (unpaired) electrons. The van der Waals surface area contributed by atoms with Crippen molar-refractivity contribution in [3.8, 4) is 11.5 Å². The van der Waals surface area contributed by atoms with E-state index in [2.05, 4.69) is 20.9 Å². The Kier molecular flexibility index (Phi) is 6.53. The first-order valence-corrected chi connectivity index (χ1v) is 11.8. The Hall–Kier alpha value is -3.17.